The summed E-state index contributed by atoms with van der Waals surface area (Å²) in [6.45, 7) is 6.15. The molecule has 0 radical (unpaired) electrons. The van der Waals surface area contributed by atoms with Gasteiger partial charge in [0.1, 0.15) is 0 Å². The lowest BCUT2D eigenvalue weighted by Gasteiger charge is -2.36. The van der Waals surface area contributed by atoms with Crippen molar-refractivity contribution in [2.45, 2.75) is 26.3 Å². The SMILES string of the molecule is Cc1cc(NC2CCN(C)CC2C)c(Br)cc1[N+](=O)[O-]. The summed E-state index contributed by atoms with van der Waals surface area (Å²) in [4.78, 5) is 12.9. The summed E-state index contributed by atoms with van der Waals surface area (Å²) in [6.07, 6.45) is 1.08. The molecule has 1 fully saturated rings. The highest BCUT2D eigenvalue weighted by molar-refractivity contribution is 9.10. The molecule has 0 aromatic heterocycles. The Morgan fingerprint density at radius 2 is 2.20 bits per heavy atom. The van der Waals surface area contributed by atoms with Crippen LogP contribution in [0.3, 0.4) is 0 Å². The van der Waals surface area contributed by atoms with Gasteiger partial charge in [0.15, 0.2) is 0 Å². The van der Waals surface area contributed by atoms with Crippen molar-refractivity contribution < 1.29 is 4.92 Å². The normalized spacial score (nSPS) is 23.6. The number of halogens is 1. The second-order valence-corrected chi connectivity index (χ2v) is 6.51. The van der Waals surface area contributed by atoms with Crippen LogP contribution in [0.1, 0.15) is 18.9 Å². The van der Waals surface area contributed by atoms with E-state index in [1.807, 2.05) is 6.07 Å². The Balaban J connectivity index is 2.18. The number of hydrogen-bond donors (Lipinski definition) is 1. The number of piperidine rings is 1. The monoisotopic (exact) mass is 341 g/mol. The molecule has 1 heterocycles. The van der Waals surface area contributed by atoms with Gasteiger partial charge in [-0.15, -0.1) is 0 Å². The molecule has 2 unspecified atom stereocenters. The van der Waals surface area contributed by atoms with Crippen LogP contribution < -0.4 is 5.32 Å². The number of nitrogens with one attached hydrogen (secondary N) is 1. The van der Waals surface area contributed by atoms with E-state index in [0.29, 0.717) is 17.5 Å². The van der Waals surface area contributed by atoms with Crippen molar-refractivity contribution in [2.75, 3.05) is 25.5 Å². The fraction of sp³-hybridized carbons (Fsp3) is 0.571. The van der Waals surface area contributed by atoms with Crippen LogP contribution in [0.15, 0.2) is 16.6 Å². The molecule has 1 aromatic carbocycles. The predicted molar refractivity (Wildman–Crippen MR) is 84.2 cm³/mol. The number of nitrogens with zero attached hydrogens (tertiary/aromatic N) is 2. The fourth-order valence-corrected chi connectivity index (χ4v) is 3.19. The van der Waals surface area contributed by atoms with Gasteiger partial charge in [-0.1, -0.05) is 6.92 Å². The molecule has 1 aliphatic heterocycles. The lowest BCUT2D eigenvalue weighted by atomic mass is 9.94. The van der Waals surface area contributed by atoms with E-state index < -0.39 is 0 Å². The second kappa shape index (κ2) is 6.10. The van der Waals surface area contributed by atoms with Gasteiger partial charge in [0.2, 0.25) is 0 Å². The second-order valence-electron chi connectivity index (χ2n) is 5.65. The molecule has 2 rings (SSSR count). The lowest BCUT2D eigenvalue weighted by Crippen LogP contribution is -2.43. The lowest BCUT2D eigenvalue weighted by molar-refractivity contribution is -0.385. The summed E-state index contributed by atoms with van der Waals surface area (Å²) in [5, 5.41) is 14.5. The summed E-state index contributed by atoms with van der Waals surface area (Å²) in [6, 6.07) is 3.84. The molecule has 0 spiro atoms. The first kappa shape index (κ1) is 15.3. The van der Waals surface area contributed by atoms with E-state index in [1.165, 1.54) is 0 Å². The van der Waals surface area contributed by atoms with E-state index in [1.54, 1.807) is 13.0 Å². The van der Waals surface area contributed by atoms with Crippen LogP contribution in [0, 0.1) is 23.0 Å². The largest absolute Gasteiger partial charge is 0.381 e. The molecular weight excluding hydrogens is 322 g/mol. The predicted octanol–water partition coefficient (Wildman–Crippen LogP) is 3.42. The van der Waals surface area contributed by atoms with E-state index >= 15 is 0 Å². The number of aryl methyl sites for hydroxylation is 1. The number of likely N-dealkylation sites (tertiary alicyclic amines) is 1. The van der Waals surface area contributed by atoms with Crippen LogP contribution in [-0.4, -0.2) is 36.0 Å². The Labute approximate surface area is 127 Å². The zero-order valence-corrected chi connectivity index (χ0v) is 13.6. The van der Waals surface area contributed by atoms with E-state index in [-0.39, 0.29) is 10.6 Å². The molecule has 110 valence electrons. The smallest absolute Gasteiger partial charge is 0.273 e. The number of nitro groups is 1. The third kappa shape index (κ3) is 3.30. The Hall–Kier alpha value is -1.14. The molecule has 6 heteroatoms. The minimum absolute atomic E-state index is 0.152. The third-order valence-electron chi connectivity index (χ3n) is 3.93. The summed E-state index contributed by atoms with van der Waals surface area (Å²) in [5.41, 5.74) is 1.77. The van der Waals surface area contributed by atoms with Crippen LogP contribution >= 0.6 is 15.9 Å². The molecular formula is C14H20BrN3O2. The number of anilines is 1. The summed E-state index contributed by atoms with van der Waals surface area (Å²) in [7, 11) is 2.14. The van der Waals surface area contributed by atoms with Gasteiger partial charge in [-0.3, -0.25) is 10.1 Å². The average molecular weight is 342 g/mol. The highest BCUT2D eigenvalue weighted by Crippen LogP contribution is 2.32. The van der Waals surface area contributed by atoms with Gasteiger partial charge in [0, 0.05) is 34.4 Å². The molecule has 1 aliphatic rings. The Morgan fingerprint density at radius 3 is 2.80 bits per heavy atom. The molecule has 2 atom stereocenters. The Morgan fingerprint density at radius 1 is 1.50 bits per heavy atom. The van der Waals surface area contributed by atoms with Crippen LogP contribution in [-0.2, 0) is 0 Å². The number of hydrogen-bond acceptors (Lipinski definition) is 4. The van der Waals surface area contributed by atoms with Crippen LogP contribution in [0.2, 0.25) is 0 Å². The van der Waals surface area contributed by atoms with Crippen molar-refractivity contribution in [3.63, 3.8) is 0 Å². The Kier molecular flexibility index (Phi) is 4.65. The number of rotatable bonds is 3. The Bertz CT molecular complexity index is 521. The van der Waals surface area contributed by atoms with Crippen LogP contribution in [0.4, 0.5) is 11.4 Å². The molecule has 0 amide bonds. The van der Waals surface area contributed by atoms with E-state index in [9.17, 15) is 10.1 Å². The molecule has 1 N–H and O–H groups in total. The van der Waals surface area contributed by atoms with Gasteiger partial charge < -0.3 is 10.2 Å². The van der Waals surface area contributed by atoms with Crippen LogP contribution in [0.5, 0.6) is 0 Å². The topological polar surface area (TPSA) is 58.4 Å². The van der Waals surface area contributed by atoms with Crippen molar-refractivity contribution in [1.82, 2.24) is 4.90 Å². The summed E-state index contributed by atoms with van der Waals surface area (Å²) in [5.74, 6) is 0.552. The molecule has 1 aromatic rings. The van der Waals surface area contributed by atoms with E-state index in [2.05, 4.69) is 40.1 Å². The van der Waals surface area contributed by atoms with Gasteiger partial charge >= 0.3 is 0 Å². The van der Waals surface area contributed by atoms with Gasteiger partial charge in [-0.05, 0) is 54.9 Å². The maximum absolute atomic E-state index is 10.9. The zero-order valence-electron chi connectivity index (χ0n) is 12.0. The van der Waals surface area contributed by atoms with Gasteiger partial charge in [-0.25, -0.2) is 0 Å². The summed E-state index contributed by atoms with van der Waals surface area (Å²) < 4.78 is 0.751. The molecule has 1 saturated heterocycles. The van der Waals surface area contributed by atoms with Crippen LogP contribution in [0.25, 0.3) is 0 Å². The van der Waals surface area contributed by atoms with Gasteiger partial charge in [0.25, 0.3) is 5.69 Å². The standard InChI is InChI=1S/C14H20BrN3O2/c1-9-6-13(11(15)7-14(9)18(19)20)16-12-4-5-17(3)8-10(12)2/h6-7,10,12,16H,4-5,8H2,1-3H3. The van der Waals surface area contributed by atoms with E-state index in [4.69, 9.17) is 0 Å². The highest BCUT2D eigenvalue weighted by Gasteiger charge is 2.25. The minimum Gasteiger partial charge on any atom is -0.381 e. The molecule has 0 saturated carbocycles. The first-order valence-corrected chi connectivity index (χ1v) is 7.57. The van der Waals surface area contributed by atoms with Crippen molar-refractivity contribution in [3.05, 3.63) is 32.3 Å². The molecule has 0 aliphatic carbocycles. The van der Waals surface area contributed by atoms with Crippen molar-refractivity contribution >= 4 is 27.3 Å². The third-order valence-corrected chi connectivity index (χ3v) is 4.59. The maximum atomic E-state index is 10.9. The average Bonchev–Trinajstić information content (AvgIpc) is 2.36. The first-order chi connectivity index (χ1) is 9.38. The van der Waals surface area contributed by atoms with Crippen molar-refractivity contribution in [3.8, 4) is 0 Å². The maximum Gasteiger partial charge on any atom is 0.273 e. The van der Waals surface area contributed by atoms with Crippen molar-refractivity contribution in [1.29, 1.82) is 0 Å². The summed E-state index contributed by atoms with van der Waals surface area (Å²) >= 11 is 3.43. The van der Waals surface area contributed by atoms with Gasteiger partial charge in [-0.2, -0.15) is 0 Å². The number of benzene rings is 1. The molecule has 0 bridgehead atoms. The quantitative estimate of drug-likeness (QED) is 0.676. The molecule has 20 heavy (non-hydrogen) atoms. The molecule has 5 nitrogen and oxygen atoms in total. The van der Waals surface area contributed by atoms with Crippen molar-refractivity contribution in [2.24, 2.45) is 5.92 Å². The van der Waals surface area contributed by atoms with E-state index in [0.717, 1.165) is 29.7 Å². The first-order valence-electron chi connectivity index (χ1n) is 6.78. The highest BCUT2D eigenvalue weighted by atomic mass is 79.9. The fourth-order valence-electron chi connectivity index (χ4n) is 2.75. The van der Waals surface area contributed by atoms with Gasteiger partial charge in [0.05, 0.1) is 4.92 Å². The zero-order chi connectivity index (χ0) is 14.9. The minimum atomic E-state index is -0.345. The number of nitro benzene ring substituents is 1.